The number of fused-ring (bicyclic) bond motifs is 1. The smallest absolute Gasteiger partial charge is 0.322 e. The van der Waals surface area contributed by atoms with Crippen LogP contribution in [0.15, 0.2) is 53.3 Å². The first-order valence-corrected chi connectivity index (χ1v) is 10.9. The zero-order valence-electron chi connectivity index (χ0n) is 17.5. The van der Waals surface area contributed by atoms with E-state index in [1.54, 1.807) is 24.1 Å². The lowest BCUT2D eigenvalue weighted by Gasteiger charge is -2.38. The van der Waals surface area contributed by atoms with E-state index in [-0.39, 0.29) is 18.5 Å². The fourth-order valence-electron chi connectivity index (χ4n) is 3.71. The molecule has 10 heteroatoms. The van der Waals surface area contributed by atoms with Gasteiger partial charge in [0.1, 0.15) is 24.9 Å². The van der Waals surface area contributed by atoms with Crippen LogP contribution in [0.25, 0.3) is 10.9 Å². The Balaban J connectivity index is 1.40. The molecule has 4 rings (SSSR count). The number of hydrogen-bond acceptors (Lipinski definition) is 6. The van der Waals surface area contributed by atoms with Crippen LogP contribution >= 0.6 is 15.9 Å². The van der Waals surface area contributed by atoms with Crippen molar-refractivity contribution in [2.45, 2.75) is 12.6 Å². The normalized spacial score (nSPS) is 15.1. The number of hydrogen-bond donors (Lipinski definition) is 2. The van der Waals surface area contributed by atoms with Crippen molar-refractivity contribution in [1.29, 1.82) is 0 Å². The van der Waals surface area contributed by atoms with Gasteiger partial charge in [0.15, 0.2) is 0 Å². The van der Waals surface area contributed by atoms with E-state index in [2.05, 4.69) is 31.2 Å². The average Bonchev–Trinajstić information content (AvgIpc) is 2.78. The molecule has 9 nitrogen and oxygen atoms in total. The SMILES string of the molecule is COC(Cc1ccc2c(N)ncnc2c1)N1CCN(C(=O)Nc2cccc(Br)c2)CC1=O. The number of amides is 3. The maximum atomic E-state index is 12.8. The van der Waals surface area contributed by atoms with E-state index in [9.17, 15) is 9.59 Å². The fourth-order valence-corrected chi connectivity index (χ4v) is 4.11. The molecule has 0 spiro atoms. The molecule has 1 fully saturated rings. The summed E-state index contributed by atoms with van der Waals surface area (Å²) in [5, 5.41) is 3.61. The third kappa shape index (κ3) is 4.81. The quantitative estimate of drug-likeness (QED) is 0.558. The molecule has 2 heterocycles. The number of carbonyl (C=O) groups is 2. The van der Waals surface area contributed by atoms with Crippen molar-refractivity contribution >= 4 is 50.3 Å². The molecule has 1 aliphatic heterocycles. The van der Waals surface area contributed by atoms with E-state index in [0.29, 0.717) is 31.0 Å². The number of nitrogens with one attached hydrogen (secondary N) is 1. The molecule has 1 saturated heterocycles. The first-order valence-electron chi connectivity index (χ1n) is 10.1. The molecule has 1 atom stereocenters. The summed E-state index contributed by atoms with van der Waals surface area (Å²) in [6.07, 6.45) is 1.47. The van der Waals surface area contributed by atoms with Gasteiger partial charge in [0.25, 0.3) is 0 Å². The van der Waals surface area contributed by atoms with E-state index in [4.69, 9.17) is 10.5 Å². The van der Waals surface area contributed by atoms with Crippen LogP contribution in [0.4, 0.5) is 16.3 Å². The van der Waals surface area contributed by atoms with Gasteiger partial charge in [0.2, 0.25) is 5.91 Å². The minimum atomic E-state index is -0.450. The molecule has 3 amide bonds. The van der Waals surface area contributed by atoms with Gasteiger partial charge in [-0.1, -0.05) is 28.1 Å². The van der Waals surface area contributed by atoms with Crippen molar-refractivity contribution < 1.29 is 14.3 Å². The number of methoxy groups -OCH3 is 1. The van der Waals surface area contributed by atoms with Crippen LogP contribution < -0.4 is 11.1 Å². The summed E-state index contributed by atoms with van der Waals surface area (Å²) < 4.78 is 6.49. The summed E-state index contributed by atoms with van der Waals surface area (Å²) in [6.45, 7) is 0.778. The van der Waals surface area contributed by atoms with Crippen LogP contribution in [0.5, 0.6) is 0 Å². The van der Waals surface area contributed by atoms with Crippen molar-refractivity contribution in [1.82, 2.24) is 19.8 Å². The van der Waals surface area contributed by atoms with Crippen LogP contribution in [0, 0.1) is 0 Å². The third-order valence-corrected chi connectivity index (χ3v) is 5.88. The summed E-state index contributed by atoms with van der Waals surface area (Å²) >= 11 is 3.38. The Morgan fingerprint density at radius 2 is 2.09 bits per heavy atom. The van der Waals surface area contributed by atoms with Gasteiger partial charge in [-0.05, 0) is 35.9 Å². The van der Waals surface area contributed by atoms with Crippen molar-refractivity contribution in [2.75, 3.05) is 37.8 Å². The number of nitrogens with zero attached hydrogens (tertiary/aromatic N) is 4. The van der Waals surface area contributed by atoms with Gasteiger partial charge in [-0.2, -0.15) is 0 Å². The predicted molar refractivity (Wildman–Crippen MR) is 125 cm³/mol. The topological polar surface area (TPSA) is 114 Å². The highest BCUT2D eigenvalue weighted by atomic mass is 79.9. The lowest BCUT2D eigenvalue weighted by molar-refractivity contribution is -0.148. The minimum absolute atomic E-state index is 0.0127. The Labute approximate surface area is 193 Å². The number of ether oxygens (including phenoxy) is 1. The van der Waals surface area contributed by atoms with E-state index >= 15 is 0 Å². The average molecular weight is 499 g/mol. The number of urea groups is 1. The highest BCUT2D eigenvalue weighted by Gasteiger charge is 2.32. The third-order valence-electron chi connectivity index (χ3n) is 5.38. The molecule has 32 heavy (non-hydrogen) atoms. The van der Waals surface area contributed by atoms with E-state index in [0.717, 1.165) is 20.9 Å². The number of rotatable bonds is 5. The second-order valence-electron chi connectivity index (χ2n) is 7.45. The summed E-state index contributed by atoms with van der Waals surface area (Å²) in [4.78, 5) is 36.9. The molecule has 0 bridgehead atoms. The fraction of sp³-hybridized carbons (Fsp3) is 0.273. The Morgan fingerprint density at radius 1 is 1.25 bits per heavy atom. The van der Waals surface area contributed by atoms with Gasteiger partial charge in [0.05, 0.1) is 5.52 Å². The standard InChI is InChI=1S/C22H23BrN6O3/c1-32-20(10-14-5-6-17-18(9-14)25-13-26-21(17)24)29-8-7-28(12-19(29)30)22(31)27-16-4-2-3-15(23)11-16/h2-6,9,11,13,20H,7-8,10,12H2,1H3,(H,27,31)(H2,24,25,26). The summed E-state index contributed by atoms with van der Waals surface area (Å²) in [6, 6.07) is 12.7. The first-order chi connectivity index (χ1) is 15.4. The van der Waals surface area contributed by atoms with Gasteiger partial charge in [-0.3, -0.25) is 4.79 Å². The number of anilines is 2. The molecule has 1 aromatic heterocycles. The Kier molecular flexibility index (Phi) is 6.52. The molecule has 2 aromatic carbocycles. The van der Waals surface area contributed by atoms with Crippen molar-refractivity contribution in [2.24, 2.45) is 0 Å². The van der Waals surface area contributed by atoms with Crippen LogP contribution in [0.2, 0.25) is 0 Å². The monoisotopic (exact) mass is 498 g/mol. The zero-order valence-corrected chi connectivity index (χ0v) is 19.1. The molecule has 0 aliphatic carbocycles. The largest absolute Gasteiger partial charge is 0.383 e. The van der Waals surface area contributed by atoms with Gasteiger partial charge in [0, 0.05) is 42.2 Å². The molecular weight excluding hydrogens is 476 g/mol. The summed E-state index contributed by atoms with van der Waals surface area (Å²) in [7, 11) is 1.57. The molecular formula is C22H23BrN6O3. The Hall–Kier alpha value is -3.24. The molecule has 1 aliphatic rings. The number of nitrogen functional groups attached to an aromatic ring is 1. The second-order valence-corrected chi connectivity index (χ2v) is 8.37. The van der Waals surface area contributed by atoms with Crippen LogP contribution in [0.3, 0.4) is 0 Å². The maximum absolute atomic E-state index is 12.8. The lowest BCUT2D eigenvalue weighted by Crippen LogP contribution is -2.57. The Bertz CT molecular complexity index is 1160. The number of halogens is 1. The van der Waals surface area contributed by atoms with Crippen molar-refractivity contribution in [3.63, 3.8) is 0 Å². The summed E-state index contributed by atoms with van der Waals surface area (Å²) in [5.74, 6) is 0.261. The van der Waals surface area contributed by atoms with E-state index in [1.807, 2.05) is 30.3 Å². The number of piperazine rings is 1. The highest BCUT2D eigenvalue weighted by Crippen LogP contribution is 2.21. The van der Waals surface area contributed by atoms with Crippen molar-refractivity contribution in [3.05, 3.63) is 58.8 Å². The van der Waals surface area contributed by atoms with Crippen molar-refractivity contribution in [3.8, 4) is 0 Å². The highest BCUT2D eigenvalue weighted by molar-refractivity contribution is 9.10. The number of carbonyl (C=O) groups excluding carboxylic acids is 2. The van der Waals surface area contributed by atoms with E-state index in [1.165, 1.54) is 11.2 Å². The number of benzene rings is 2. The number of nitrogens with two attached hydrogens (primary N) is 1. The molecule has 3 N–H and O–H groups in total. The van der Waals surface area contributed by atoms with Crippen LogP contribution in [0.1, 0.15) is 5.56 Å². The van der Waals surface area contributed by atoms with Crippen LogP contribution in [-0.4, -0.2) is 64.7 Å². The van der Waals surface area contributed by atoms with Gasteiger partial charge in [-0.25, -0.2) is 14.8 Å². The second kappa shape index (κ2) is 9.49. The van der Waals surface area contributed by atoms with E-state index < -0.39 is 6.23 Å². The molecule has 0 radical (unpaired) electrons. The lowest BCUT2D eigenvalue weighted by atomic mass is 10.1. The number of aromatic nitrogens is 2. The predicted octanol–water partition coefficient (Wildman–Crippen LogP) is 2.87. The first kappa shape index (κ1) is 22.0. The molecule has 3 aromatic rings. The minimum Gasteiger partial charge on any atom is -0.383 e. The molecule has 1 unspecified atom stereocenters. The van der Waals surface area contributed by atoms with Gasteiger partial charge < -0.3 is 25.6 Å². The van der Waals surface area contributed by atoms with Crippen LogP contribution in [-0.2, 0) is 16.0 Å². The summed E-state index contributed by atoms with van der Waals surface area (Å²) in [5.41, 5.74) is 8.26. The molecule has 166 valence electrons. The maximum Gasteiger partial charge on any atom is 0.322 e. The Morgan fingerprint density at radius 3 is 2.84 bits per heavy atom. The molecule has 0 saturated carbocycles. The van der Waals surface area contributed by atoms with Gasteiger partial charge in [-0.15, -0.1) is 0 Å². The van der Waals surface area contributed by atoms with Gasteiger partial charge >= 0.3 is 6.03 Å². The zero-order chi connectivity index (χ0) is 22.7.